The molecule has 0 spiro atoms. The molecule has 0 fully saturated rings. The molecule has 134 valence electrons. The van der Waals surface area contributed by atoms with Crippen LogP contribution in [-0.4, -0.2) is 27.7 Å². The lowest BCUT2D eigenvalue weighted by atomic mass is 10.1. The second-order valence-electron chi connectivity index (χ2n) is 6.30. The summed E-state index contributed by atoms with van der Waals surface area (Å²) in [5, 5.41) is 3.70. The van der Waals surface area contributed by atoms with Crippen LogP contribution in [0.2, 0.25) is 0 Å². The first-order chi connectivity index (χ1) is 12.1. The fraction of sp³-hybridized carbons (Fsp3) is 0.450. The smallest absolute Gasteiger partial charge is 0.230 e. The Hall–Kier alpha value is -1.88. The average Bonchev–Trinajstić information content (AvgIpc) is 2.60. The second-order valence-corrected chi connectivity index (χ2v) is 7.24. The number of aryl methyl sites for hydroxylation is 1. The maximum Gasteiger partial charge on any atom is 0.230 e. The van der Waals surface area contributed by atoms with Crippen molar-refractivity contribution < 1.29 is 4.79 Å². The zero-order chi connectivity index (χ0) is 18.1. The van der Waals surface area contributed by atoms with Gasteiger partial charge in [-0.15, -0.1) is 0 Å². The highest BCUT2D eigenvalue weighted by molar-refractivity contribution is 7.99. The number of carbonyl (C=O) groups is 1. The first kappa shape index (κ1) is 19.4. The summed E-state index contributed by atoms with van der Waals surface area (Å²) in [6, 6.07) is 12.2. The summed E-state index contributed by atoms with van der Waals surface area (Å²) in [7, 11) is 0. The second kappa shape index (κ2) is 10.2. The van der Waals surface area contributed by atoms with Gasteiger partial charge in [0, 0.05) is 17.3 Å². The van der Waals surface area contributed by atoms with Gasteiger partial charge in [0.25, 0.3) is 0 Å². The van der Waals surface area contributed by atoms with Crippen molar-refractivity contribution in [3.05, 3.63) is 42.1 Å². The van der Waals surface area contributed by atoms with E-state index in [1.165, 1.54) is 24.6 Å². The minimum absolute atomic E-state index is 0.0420. The van der Waals surface area contributed by atoms with Gasteiger partial charge in [-0.25, -0.2) is 9.97 Å². The third kappa shape index (κ3) is 6.86. The quantitative estimate of drug-likeness (QED) is 0.404. The lowest BCUT2D eigenvalue weighted by molar-refractivity contribution is -0.119. The number of hydrogen-bond donors (Lipinski definition) is 1. The number of hydrogen-bond acceptors (Lipinski definition) is 4. The number of unbranched alkanes of at least 4 members (excludes halogenated alkanes) is 2. The Kier molecular flexibility index (Phi) is 7.92. The normalized spacial score (nSPS) is 12.0. The molecule has 25 heavy (non-hydrogen) atoms. The van der Waals surface area contributed by atoms with Crippen LogP contribution in [0.15, 0.2) is 41.6 Å². The molecule has 5 heteroatoms. The van der Waals surface area contributed by atoms with Gasteiger partial charge in [0.2, 0.25) is 5.91 Å². The number of aromatic nitrogens is 2. The summed E-state index contributed by atoms with van der Waals surface area (Å²) in [6.07, 6.45) is 4.61. The highest BCUT2D eigenvalue weighted by Crippen LogP contribution is 2.21. The van der Waals surface area contributed by atoms with Crippen molar-refractivity contribution in [2.45, 2.75) is 57.7 Å². The molecule has 0 unspecified atom stereocenters. The van der Waals surface area contributed by atoms with Crippen molar-refractivity contribution in [3.63, 3.8) is 0 Å². The van der Waals surface area contributed by atoms with Crippen molar-refractivity contribution in [3.8, 4) is 11.3 Å². The van der Waals surface area contributed by atoms with E-state index in [9.17, 15) is 4.79 Å². The topological polar surface area (TPSA) is 54.9 Å². The minimum atomic E-state index is 0.0420. The molecule has 0 aliphatic heterocycles. The third-order valence-corrected chi connectivity index (χ3v) is 4.73. The van der Waals surface area contributed by atoms with Gasteiger partial charge in [0.15, 0.2) is 5.16 Å². The largest absolute Gasteiger partial charge is 0.353 e. The maximum absolute atomic E-state index is 12.1. The van der Waals surface area contributed by atoms with Crippen molar-refractivity contribution in [2.75, 3.05) is 5.75 Å². The number of rotatable bonds is 9. The van der Waals surface area contributed by atoms with E-state index in [0.717, 1.165) is 29.8 Å². The lowest BCUT2D eigenvalue weighted by Gasteiger charge is -2.13. The molecule has 0 aliphatic carbocycles. The average molecular weight is 358 g/mol. The van der Waals surface area contributed by atoms with Gasteiger partial charge in [-0.1, -0.05) is 68.3 Å². The van der Waals surface area contributed by atoms with Gasteiger partial charge in [-0.2, -0.15) is 0 Å². The number of nitrogens with zero attached hydrogens (tertiary/aromatic N) is 2. The fourth-order valence-electron chi connectivity index (χ4n) is 2.58. The number of benzene rings is 1. The Balaban J connectivity index is 1.90. The Labute approximate surface area is 154 Å². The Morgan fingerprint density at radius 1 is 1.20 bits per heavy atom. The highest BCUT2D eigenvalue weighted by Gasteiger charge is 2.10. The Morgan fingerprint density at radius 2 is 1.96 bits per heavy atom. The molecule has 1 amide bonds. The van der Waals surface area contributed by atoms with Crippen LogP contribution in [0.3, 0.4) is 0 Å². The van der Waals surface area contributed by atoms with Crippen LogP contribution in [0.5, 0.6) is 0 Å². The summed E-state index contributed by atoms with van der Waals surface area (Å²) in [4.78, 5) is 21.1. The molecule has 2 rings (SSSR count). The summed E-state index contributed by atoms with van der Waals surface area (Å²) in [5.41, 5.74) is 2.86. The van der Waals surface area contributed by atoms with E-state index in [0.29, 0.717) is 10.9 Å². The van der Waals surface area contributed by atoms with Gasteiger partial charge in [-0.05, 0) is 26.3 Å². The Morgan fingerprint density at radius 3 is 2.68 bits per heavy atom. The molecule has 4 nitrogen and oxygen atoms in total. The third-order valence-electron chi connectivity index (χ3n) is 3.88. The first-order valence-corrected chi connectivity index (χ1v) is 9.90. The van der Waals surface area contributed by atoms with Crippen molar-refractivity contribution in [2.24, 2.45) is 0 Å². The van der Waals surface area contributed by atoms with Gasteiger partial charge in [-0.3, -0.25) is 4.79 Å². The van der Waals surface area contributed by atoms with Gasteiger partial charge < -0.3 is 5.32 Å². The maximum atomic E-state index is 12.1. The van der Waals surface area contributed by atoms with Crippen molar-refractivity contribution >= 4 is 17.7 Å². The van der Waals surface area contributed by atoms with Crippen LogP contribution in [0.25, 0.3) is 11.3 Å². The van der Waals surface area contributed by atoms with Gasteiger partial charge in [0.1, 0.15) is 0 Å². The minimum Gasteiger partial charge on any atom is -0.353 e. The zero-order valence-corrected chi connectivity index (χ0v) is 16.1. The number of amides is 1. The van der Waals surface area contributed by atoms with Gasteiger partial charge in [0.05, 0.1) is 11.4 Å². The van der Waals surface area contributed by atoms with E-state index in [-0.39, 0.29) is 11.9 Å². The number of thioether (sulfide) groups is 1. The standard InChI is InChI=1S/C20H27N3OS/c1-4-5-7-10-15(2)21-19(24)14-25-20-22-16(3)13-18(23-20)17-11-8-6-9-12-17/h6,8-9,11-13,15H,4-5,7,10,14H2,1-3H3,(H,21,24)/t15-/m0/s1. The predicted molar refractivity (Wildman–Crippen MR) is 105 cm³/mol. The van der Waals surface area contributed by atoms with Crippen LogP contribution in [-0.2, 0) is 4.79 Å². The van der Waals surface area contributed by atoms with Crippen molar-refractivity contribution in [1.29, 1.82) is 0 Å². The van der Waals surface area contributed by atoms with E-state index >= 15 is 0 Å². The summed E-state index contributed by atoms with van der Waals surface area (Å²) >= 11 is 1.39. The Bertz CT molecular complexity index is 676. The molecule has 1 aromatic heterocycles. The van der Waals surface area contributed by atoms with E-state index in [4.69, 9.17) is 0 Å². The predicted octanol–water partition coefficient (Wildman–Crippen LogP) is 4.63. The monoisotopic (exact) mass is 357 g/mol. The first-order valence-electron chi connectivity index (χ1n) is 8.91. The molecule has 0 saturated heterocycles. The van der Waals surface area contributed by atoms with E-state index in [1.807, 2.05) is 43.3 Å². The SMILES string of the molecule is CCCCC[C@H](C)NC(=O)CSc1nc(C)cc(-c2ccccc2)n1. The van der Waals surface area contributed by atoms with Gasteiger partial charge >= 0.3 is 0 Å². The van der Waals surface area contributed by atoms with Crippen LogP contribution in [0, 0.1) is 6.92 Å². The summed E-state index contributed by atoms with van der Waals surface area (Å²) in [6.45, 7) is 6.20. The molecule has 1 atom stereocenters. The fourth-order valence-corrected chi connectivity index (χ4v) is 3.30. The lowest BCUT2D eigenvalue weighted by Crippen LogP contribution is -2.33. The molecule has 0 aliphatic rings. The van der Waals surface area contributed by atoms with Crippen LogP contribution in [0.1, 0.15) is 45.2 Å². The zero-order valence-electron chi connectivity index (χ0n) is 15.3. The molecule has 0 radical (unpaired) electrons. The van der Waals surface area contributed by atoms with E-state index < -0.39 is 0 Å². The van der Waals surface area contributed by atoms with E-state index in [2.05, 4.69) is 29.1 Å². The molecule has 2 aromatic rings. The molecule has 1 heterocycles. The van der Waals surface area contributed by atoms with Crippen LogP contribution >= 0.6 is 11.8 Å². The highest BCUT2D eigenvalue weighted by atomic mass is 32.2. The molecule has 0 bridgehead atoms. The van der Waals surface area contributed by atoms with Crippen molar-refractivity contribution in [1.82, 2.24) is 15.3 Å². The number of carbonyl (C=O) groups excluding carboxylic acids is 1. The number of nitrogens with one attached hydrogen (secondary N) is 1. The molecular weight excluding hydrogens is 330 g/mol. The molecular formula is C20H27N3OS. The van der Waals surface area contributed by atoms with Crippen LogP contribution < -0.4 is 5.32 Å². The molecule has 0 saturated carbocycles. The molecule has 1 aromatic carbocycles. The van der Waals surface area contributed by atoms with Crippen LogP contribution in [0.4, 0.5) is 0 Å². The summed E-state index contributed by atoms with van der Waals surface area (Å²) < 4.78 is 0. The van der Waals surface area contributed by atoms with E-state index in [1.54, 1.807) is 0 Å². The molecule has 1 N–H and O–H groups in total. The summed E-state index contributed by atoms with van der Waals surface area (Å²) in [5.74, 6) is 0.385.